The fraction of sp³-hybridized carbons (Fsp3) is 0.455. The molecule has 15 heavy (non-hydrogen) atoms. The summed E-state index contributed by atoms with van der Waals surface area (Å²) in [5.41, 5.74) is 1.12. The lowest BCUT2D eigenvalue weighted by atomic mass is 10.1. The fourth-order valence-electron chi connectivity index (χ4n) is 1.19. The topological polar surface area (TPSA) is 46.4 Å². The zero-order valence-electron chi connectivity index (χ0n) is 9.52. The highest BCUT2D eigenvalue weighted by Gasteiger charge is 2.17. The van der Waals surface area contributed by atoms with Crippen molar-refractivity contribution in [2.24, 2.45) is 0 Å². The standard InChI is InChI=1S/C11H16N2O2/c1-11(2,3)12(4)9-5-7-10(8-6-9)13(14)15/h5-8H,1-4H3. The summed E-state index contributed by atoms with van der Waals surface area (Å²) in [5.74, 6) is 0. The zero-order chi connectivity index (χ0) is 11.6. The highest BCUT2D eigenvalue weighted by molar-refractivity contribution is 5.51. The minimum atomic E-state index is -0.388. The second-order valence-electron chi connectivity index (χ2n) is 4.50. The van der Waals surface area contributed by atoms with Gasteiger partial charge in [0.15, 0.2) is 0 Å². The van der Waals surface area contributed by atoms with E-state index in [9.17, 15) is 10.1 Å². The predicted molar refractivity (Wildman–Crippen MR) is 61.3 cm³/mol. The number of hydrogen-bond donors (Lipinski definition) is 0. The maximum Gasteiger partial charge on any atom is 0.269 e. The quantitative estimate of drug-likeness (QED) is 0.554. The normalized spacial score (nSPS) is 11.2. The summed E-state index contributed by atoms with van der Waals surface area (Å²) in [6, 6.07) is 6.59. The van der Waals surface area contributed by atoms with Crippen molar-refractivity contribution in [1.29, 1.82) is 0 Å². The van der Waals surface area contributed by atoms with E-state index in [1.54, 1.807) is 12.1 Å². The first kappa shape index (κ1) is 11.5. The SMILES string of the molecule is CN(c1ccc([N+](=O)[O-])cc1)C(C)(C)C. The van der Waals surface area contributed by atoms with E-state index >= 15 is 0 Å². The molecule has 0 radical (unpaired) electrons. The maximum absolute atomic E-state index is 10.5. The van der Waals surface area contributed by atoms with Crippen LogP contribution >= 0.6 is 0 Å². The zero-order valence-corrected chi connectivity index (χ0v) is 9.52. The number of hydrogen-bond acceptors (Lipinski definition) is 3. The van der Waals surface area contributed by atoms with Crippen molar-refractivity contribution in [3.05, 3.63) is 34.4 Å². The number of nitro benzene ring substituents is 1. The molecule has 0 amide bonds. The average Bonchev–Trinajstić information content (AvgIpc) is 2.15. The molecular formula is C11H16N2O2. The van der Waals surface area contributed by atoms with Crippen LogP contribution in [0.25, 0.3) is 0 Å². The van der Waals surface area contributed by atoms with Gasteiger partial charge in [0.2, 0.25) is 0 Å². The smallest absolute Gasteiger partial charge is 0.269 e. The van der Waals surface area contributed by atoms with Gasteiger partial charge < -0.3 is 4.90 Å². The minimum Gasteiger partial charge on any atom is -0.370 e. The Morgan fingerprint density at radius 2 is 1.67 bits per heavy atom. The molecule has 1 rings (SSSR count). The molecule has 0 aliphatic rings. The summed E-state index contributed by atoms with van der Waals surface area (Å²) in [5, 5.41) is 10.5. The van der Waals surface area contributed by atoms with Gasteiger partial charge >= 0.3 is 0 Å². The van der Waals surface area contributed by atoms with Crippen LogP contribution < -0.4 is 4.90 Å². The Morgan fingerprint density at radius 3 is 2.00 bits per heavy atom. The third kappa shape index (κ3) is 2.68. The van der Waals surface area contributed by atoms with Gasteiger partial charge in [0.1, 0.15) is 0 Å². The predicted octanol–water partition coefficient (Wildman–Crippen LogP) is 2.83. The van der Waals surface area contributed by atoms with Crippen molar-refractivity contribution < 1.29 is 4.92 Å². The molecule has 0 bridgehead atoms. The first-order chi connectivity index (χ1) is 6.82. The summed E-state index contributed by atoms with van der Waals surface area (Å²) in [6.07, 6.45) is 0. The number of benzene rings is 1. The molecule has 4 nitrogen and oxygen atoms in total. The molecule has 0 aliphatic heterocycles. The molecule has 0 heterocycles. The van der Waals surface area contributed by atoms with E-state index in [0.29, 0.717) is 0 Å². The third-order valence-electron chi connectivity index (χ3n) is 2.45. The van der Waals surface area contributed by atoms with Gasteiger partial charge in [0, 0.05) is 30.4 Å². The molecule has 1 aromatic rings. The van der Waals surface area contributed by atoms with Crippen LogP contribution in [0.5, 0.6) is 0 Å². The summed E-state index contributed by atoms with van der Waals surface area (Å²) in [7, 11) is 1.97. The number of anilines is 1. The summed E-state index contributed by atoms with van der Waals surface area (Å²) >= 11 is 0. The number of nitro groups is 1. The highest BCUT2D eigenvalue weighted by Crippen LogP contribution is 2.23. The van der Waals surface area contributed by atoms with Gasteiger partial charge in [-0.15, -0.1) is 0 Å². The molecule has 0 aliphatic carbocycles. The lowest BCUT2D eigenvalue weighted by Crippen LogP contribution is -2.37. The maximum atomic E-state index is 10.5. The summed E-state index contributed by atoms with van der Waals surface area (Å²) in [4.78, 5) is 12.2. The van der Waals surface area contributed by atoms with E-state index in [2.05, 4.69) is 25.7 Å². The summed E-state index contributed by atoms with van der Waals surface area (Å²) < 4.78 is 0. The first-order valence-corrected chi connectivity index (χ1v) is 4.80. The molecule has 0 saturated heterocycles. The largest absolute Gasteiger partial charge is 0.370 e. The fourth-order valence-corrected chi connectivity index (χ4v) is 1.19. The van der Waals surface area contributed by atoms with Crippen molar-refractivity contribution >= 4 is 11.4 Å². The Bertz CT molecular complexity index is 352. The van der Waals surface area contributed by atoms with E-state index in [1.807, 2.05) is 7.05 Å². The molecule has 0 N–H and O–H groups in total. The lowest BCUT2D eigenvalue weighted by molar-refractivity contribution is -0.384. The monoisotopic (exact) mass is 208 g/mol. The van der Waals surface area contributed by atoms with E-state index < -0.39 is 0 Å². The van der Waals surface area contributed by atoms with Crippen LogP contribution in [0.1, 0.15) is 20.8 Å². The first-order valence-electron chi connectivity index (χ1n) is 4.80. The van der Waals surface area contributed by atoms with E-state index in [-0.39, 0.29) is 16.1 Å². The second-order valence-corrected chi connectivity index (χ2v) is 4.50. The molecule has 0 spiro atoms. The Kier molecular flexibility index (Phi) is 2.98. The van der Waals surface area contributed by atoms with Gasteiger partial charge in [0.05, 0.1) is 4.92 Å². The van der Waals surface area contributed by atoms with Crippen LogP contribution in [0.4, 0.5) is 11.4 Å². The van der Waals surface area contributed by atoms with Gasteiger partial charge in [-0.1, -0.05) is 0 Å². The number of nitrogens with zero attached hydrogens (tertiary/aromatic N) is 2. The van der Waals surface area contributed by atoms with Crippen LogP contribution in [0, 0.1) is 10.1 Å². The molecule has 1 aromatic carbocycles. The molecule has 0 saturated carbocycles. The van der Waals surface area contributed by atoms with E-state index in [0.717, 1.165) is 5.69 Å². The van der Waals surface area contributed by atoms with Gasteiger partial charge in [-0.05, 0) is 32.9 Å². The average molecular weight is 208 g/mol. The highest BCUT2D eigenvalue weighted by atomic mass is 16.6. The van der Waals surface area contributed by atoms with Gasteiger partial charge in [0.25, 0.3) is 5.69 Å². The Labute approximate surface area is 89.7 Å². The second kappa shape index (κ2) is 3.88. The molecule has 82 valence electrons. The van der Waals surface area contributed by atoms with Gasteiger partial charge in [-0.3, -0.25) is 10.1 Å². The molecule has 0 aromatic heterocycles. The Hall–Kier alpha value is -1.58. The van der Waals surface area contributed by atoms with Crippen molar-refractivity contribution in [2.45, 2.75) is 26.3 Å². The minimum absolute atomic E-state index is 0.0101. The summed E-state index contributed by atoms with van der Waals surface area (Å²) in [6.45, 7) is 6.28. The molecular weight excluding hydrogens is 192 g/mol. The van der Waals surface area contributed by atoms with Crippen molar-refractivity contribution in [3.63, 3.8) is 0 Å². The number of non-ortho nitro benzene ring substituents is 1. The van der Waals surface area contributed by atoms with Crippen LogP contribution in [-0.2, 0) is 0 Å². The molecule has 4 heteroatoms. The Morgan fingerprint density at radius 1 is 1.20 bits per heavy atom. The van der Waals surface area contributed by atoms with Crippen molar-refractivity contribution in [1.82, 2.24) is 0 Å². The van der Waals surface area contributed by atoms with E-state index in [4.69, 9.17) is 0 Å². The van der Waals surface area contributed by atoms with Crippen LogP contribution in [0.2, 0.25) is 0 Å². The Balaban J connectivity index is 2.94. The number of rotatable bonds is 2. The van der Waals surface area contributed by atoms with Crippen molar-refractivity contribution in [3.8, 4) is 0 Å². The van der Waals surface area contributed by atoms with E-state index in [1.165, 1.54) is 12.1 Å². The molecule has 0 atom stereocenters. The van der Waals surface area contributed by atoms with Crippen LogP contribution in [0.3, 0.4) is 0 Å². The lowest BCUT2D eigenvalue weighted by Gasteiger charge is -2.34. The molecule has 0 fully saturated rings. The van der Waals surface area contributed by atoms with Crippen LogP contribution in [-0.4, -0.2) is 17.5 Å². The van der Waals surface area contributed by atoms with Crippen LogP contribution in [0.15, 0.2) is 24.3 Å². The van der Waals surface area contributed by atoms with Gasteiger partial charge in [-0.25, -0.2) is 0 Å². The van der Waals surface area contributed by atoms with Crippen molar-refractivity contribution in [2.75, 3.05) is 11.9 Å². The van der Waals surface area contributed by atoms with Gasteiger partial charge in [-0.2, -0.15) is 0 Å². The molecule has 0 unspecified atom stereocenters. The third-order valence-corrected chi connectivity index (χ3v) is 2.45.